The normalized spacial score (nSPS) is 16.6. The second-order valence-electron chi connectivity index (χ2n) is 11.8. The van der Waals surface area contributed by atoms with Gasteiger partial charge in [-0.25, -0.2) is 14.4 Å². The lowest BCUT2D eigenvalue weighted by Gasteiger charge is -2.23. The SMILES string of the molecule is O=C(OC[C@@H]1SS[C@@H](OC(=O)c2ccc(-c3ccccc3)cc2)[C@@H]1OC(=O)c1ccc(-c2ccccc2)cc1)c1ccc(-c2ccccc2)cc1. The zero-order valence-corrected chi connectivity index (χ0v) is 28.9. The molecule has 6 aromatic rings. The predicted octanol–water partition coefficient (Wildman–Crippen LogP) is 10.0. The van der Waals surface area contributed by atoms with Crippen molar-refractivity contribution in [1.82, 2.24) is 0 Å². The number of carbonyl (C=O) groups is 3. The van der Waals surface area contributed by atoms with Gasteiger partial charge in [0.1, 0.15) is 6.61 Å². The highest BCUT2D eigenvalue weighted by Gasteiger charge is 2.44. The zero-order chi connectivity index (χ0) is 35.0. The summed E-state index contributed by atoms with van der Waals surface area (Å²) in [4.78, 5) is 39.9. The third-order valence-electron chi connectivity index (χ3n) is 8.44. The van der Waals surface area contributed by atoms with Crippen LogP contribution >= 0.6 is 21.6 Å². The summed E-state index contributed by atoms with van der Waals surface area (Å²) in [5.41, 5.74) is 6.32. The van der Waals surface area contributed by atoms with Crippen molar-refractivity contribution in [2.24, 2.45) is 0 Å². The van der Waals surface area contributed by atoms with Gasteiger partial charge in [0.2, 0.25) is 0 Å². The molecule has 0 aromatic heterocycles. The molecule has 51 heavy (non-hydrogen) atoms. The molecule has 6 nitrogen and oxygen atoms in total. The number of rotatable bonds is 10. The van der Waals surface area contributed by atoms with E-state index in [4.69, 9.17) is 14.2 Å². The first-order chi connectivity index (χ1) is 25.0. The molecule has 1 aliphatic heterocycles. The molecule has 3 atom stereocenters. The van der Waals surface area contributed by atoms with Gasteiger partial charge in [0.05, 0.1) is 21.9 Å². The van der Waals surface area contributed by atoms with Crippen LogP contribution in [0.2, 0.25) is 0 Å². The van der Waals surface area contributed by atoms with Crippen LogP contribution in [0.15, 0.2) is 164 Å². The Kier molecular flexibility index (Phi) is 10.6. The fourth-order valence-electron chi connectivity index (χ4n) is 5.65. The van der Waals surface area contributed by atoms with Crippen LogP contribution in [0.1, 0.15) is 31.1 Å². The molecule has 1 saturated heterocycles. The van der Waals surface area contributed by atoms with E-state index in [1.54, 1.807) is 36.4 Å². The summed E-state index contributed by atoms with van der Waals surface area (Å²) in [6.45, 7) is -0.0539. The van der Waals surface area contributed by atoms with Gasteiger partial charge in [-0.05, 0) is 80.6 Å². The van der Waals surface area contributed by atoms with Gasteiger partial charge in [-0.2, -0.15) is 0 Å². The smallest absolute Gasteiger partial charge is 0.339 e. The van der Waals surface area contributed by atoms with Gasteiger partial charge < -0.3 is 14.2 Å². The van der Waals surface area contributed by atoms with Gasteiger partial charge in [-0.3, -0.25) is 0 Å². The molecule has 0 saturated carbocycles. The second-order valence-corrected chi connectivity index (χ2v) is 14.4. The van der Waals surface area contributed by atoms with Gasteiger partial charge in [-0.1, -0.05) is 138 Å². The maximum absolute atomic E-state index is 13.5. The largest absolute Gasteiger partial charge is 0.461 e. The highest BCUT2D eigenvalue weighted by Crippen LogP contribution is 2.46. The van der Waals surface area contributed by atoms with E-state index in [2.05, 4.69) is 0 Å². The number of benzene rings is 6. The van der Waals surface area contributed by atoms with Crippen molar-refractivity contribution in [3.05, 3.63) is 180 Å². The Morgan fingerprint density at radius 3 is 1.18 bits per heavy atom. The fourth-order valence-corrected chi connectivity index (χ4v) is 8.61. The van der Waals surface area contributed by atoms with Crippen molar-refractivity contribution in [3.63, 3.8) is 0 Å². The molecule has 8 heteroatoms. The maximum Gasteiger partial charge on any atom is 0.339 e. The highest BCUT2D eigenvalue weighted by molar-refractivity contribution is 8.77. The lowest BCUT2D eigenvalue weighted by molar-refractivity contribution is -0.0145. The van der Waals surface area contributed by atoms with E-state index in [1.165, 1.54) is 21.6 Å². The Morgan fingerprint density at radius 2 is 0.765 bits per heavy atom. The standard InChI is InChI=1S/C43H32O6S2/c44-40(35-22-16-32(17-23-35)29-10-4-1-5-11-29)47-28-38-39(48-41(45)36-24-18-33(19-25-36)30-12-6-2-7-13-30)43(51-50-38)49-42(46)37-26-20-34(21-27-37)31-14-8-3-9-15-31/h1-27,38-39,43H,28H2/t38-,39+,43+/m0/s1. The Morgan fingerprint density at radius 1 is 0.412 bits per heavy atom. The Labute approximate surface area is 304 Å². The van der Waals surface area contributed by atoms with Crippen LogP contribution in [0.25, 0.3) is 33.4 Å². The minimum absolute atomic E-state index is 0.0539. The molecule has 0 bridgehead atoms. The van der Waals surface area contributed by atoms with E-state index in [-0.39, 0.29) is 6.61 Å². The Hall–Kier alpha value is -5.57. The van der Waals surface area contributed by atoms with Crippen LogP contribution in [0, 0.1) is 0 Å². The second kappa shape index (κ2) is 16.0. The molecule has 7 rings (SSSR count). The van der Waals surface area contributed by atoms with E-state index in [1.807, 2.05) is 127 Å². The highest BCUT2D eigenvalue weighted by atomic mass is 33.1. The van der Waals surface area contributed by atoms with Crippen molar-refractivity contribution < 1.29 is 28.6 Å². The zero-order valence-electron chi connectivity index (χ0n) is 27.3. The van der Waals surface area contributed by atoms with Crippen molar-refractivity contribution in [2.45, 2.75) is 16.8 Å². The summed E-state index contributed by atoms with van der Waals surface area (Å²) in [6, 6.07) is 51.2. The van der Waals surface area contributed by atoms with Crippen LogP contribution in [0.5, 0.6) is 0 Å². The van der Waals surface area contributed by atoms with E-state index in [0.717, 1.165) is 33.4 Å². The van der Waals surface area contributed by atoms with Crippen molar-refractivity contribution >= 4 is 39.5 Å². The summed E-state index contributed by atoms with van der Waals surface area (Å²) < 4.78 is 17.7. The molecule has 0 aliphatic carbocycles. The van der Waals surface area contributed by atoms with Gasteiger partial charge in [0, 0.05) is 0 Å². The van der Waals surface area contributed by atoms with E-state index >= 15 is 0 Å². The van der Waals surface area contributed by atoms with Crippen LogP contribution < -0.4 is 0 Å². The van der Waals surface area contributed by atoms with E-state index < -0.39 is 34.7 Å². The van der Waals surface area contributed by atoms with Gasteiger partial charge in [0.15, 0.2) is 11.5 Å². The third kappa shape index (κ3) is 8.26. The van der Waals surface area contributed by atoms with Crippen LogP contribution in [0.3, 0.4) is 0 Å². The Balaban J connectivity index is 1.05. The summed E-state index contributed by atoms with van der Waals surface area (Å²) in [5.74, 6) is -1.61. The van der Waals surface area contributed by atoms with Gasteiger partial charge in [0.25, 0.3) is 0 Å². The summed E-state index contributed by atoms with van der Waals surface area (Å²) in [7, 11) is 2.62. The van der Waals surface area contributed by atoms with Crippen molar-refractivity contribution in [3.8, 4) is 33.4 Å². The molecule has 0 amide bonds. The average Bonchev–Trinajstić information content (AvgIpc) is 3.57. The molecular formula is C43H32O6S2. The first-order valence-electron chi connectivity index (χ1n) is 16.4. The van der Waals surface area contributed by atoms with Crippen molar-refractivity contribution in [2.75, 3.05) is 6.61 Å². The summed E-state index contributed by atoms with van der Waals surface area (Å²) in [6.07, 6.45) is -0.887. The summed E-state index contributed by atoms with van der Waals surface area (Å²) >= 11 is 0. The maximum atomic E-state index is 13.5. The summed E-state index contributed by atoms with van der Waals surface area (Å²) in [5, 5.41) is -0.492. The first kappa shape index (κ1) is 33.9. The number of ether oxygens (including phenoxy) is 3. The topological polar surface area (TPSA) is 78.9 Å². The molecule has 1 heterocycles. The Bertz CT molecular complexity index is 2090. The molecule has 0 radical (unpaired) electrons. The molecule has 252 valence electrons. The molecular weight excluding hydrogens is 677 g/mol. The molecule has 0 N–H and O–H groups in total. The van der Waals surface area contributed by atoms with Crippen LogP contribution in [-0.2, 0) is 14.2 Å². The quantitative estimate of drug-likeness (QED) is 0.0791. The van der Waals surface area contributed by atoms with E-state index in [9.17, 15) is 14.4 Å². The first-order valence-corrected chi connectivity index (χ1v) is 18.7. The lowest BCUT2D eigenvalue weighted by Crippen LogP contribution is -2.38. The minimum atomic E-state index is -0.887. The molecule has 1 aliphatic rings. The van der Waals surface area contributed by atoms with Gasteiger partial charge >= 0.3 is 17.9 Å². The third-order valence-corrected chi connectivity index (χ3v) is 11.4. The minimum Gasteiger partial charge on any atom is -0.461 e. The number of esters is 3. The lowest BCUT2D eigenvalue weighted by atomic mass is 10.0. The van der Waals surface area contributed by atoms with Crippen molar-refractivity contribution in [1.29, 1.82) is 0 Å². The number of hydrogen-bond acceptors (Lipinski definition) is 8. The van der Waals surface area contributed by atoms with Crippen LogP contribution in [-0.4, -0.2) is 41.3 Å². The molecule has 6 aromatic carbocycles. The fraction of sp³-hybridized carbons (Fsp3) is 0.0930. The van der Waals surface area contributed by atoms with Crippen LogP contribution in [0.4, 0.5) is 0 Å². The molecule has 0 spiro atoms. The number of carbonyl (C=O) groups excluding carboxylic acids is 3. The predicted molar refractivity (Wildman–Crippen MR) is 203 cm³/mol. The number of hydrogen-bond donors (Lipinski definition) is 0. The monoisotopic (exact) mass is 708 g/mol. The van der Waals surface area contributed by atoms with Gasteiger partial charge in [-0.15, -0.1) is 0 Å². The molecule has 0 unspecified atom stereocenters. The molecule has 1 fully saturated rings. The van der Waals surface area contributed by atoms with E-state index in [0.29, 0.717) is 16.7 Å². The average molecular weight is 709 g/mol.